The predicted octanol–water partition coefficient (Wildman–Crippen LogP) is 3.23. The van der Waals surface area contributed by atoms with Crippen LogP contribution >= 0.6 is 27.5 Å². The molecule has 1 saturated carbocycles. The fraction of sp³-hybridized carbons (Fsp3) is 0.273. The fourth-order valence-corrected chi connectivity index (χ4v) is 2.89. The largest absolute Gasteiger partial charge is 0.300 e. The number of ketones is 1. The van der Waals surface area contributed by atoms with Crippen molar-refractivity contribution in [1.82, 2.24) is 0 Å². The Morgan fingerprint density at radius 3 is 2.60 bits per heavy atom. The molecule has 15 heavy (non-hydrogen) atoms. The molecule has 1 aromatic carbocycles. The second-order valence-electron chi connectivity index (χ2n) is 3.71. The molecule has 0 radical (unpaired) electrons. The minimum atomic E-state index is -0.638. The highest BCUT2D eigenvalue weighted by atomic mass is 79.9. The summed E-state index contributed by atoms with van der Waals surface area (Å²) < 4.78 is 0.795. The van der Waals surface area contributed by atoms with Gasteiger partial charge >= 0.3 is 0 Å². The standard InChI is InChI=1S/C11H7BrClNO/c12-10-3-7(13)1-2-9(10)11(6-14)4-8(15)5-11/h1-3H,4-5H2. The number of Topliss-reactive ketones (excluding diaryl/α,β-unsaturated/α-hetero) is 1. The SMILES string of the molecule is N#CC1(c2ccc(Cl)cc2Br)CC(=O)C1. The van der Waals surface area contributed by atoms with Gasteiger partial charge in [-0.2, -0.15) is 5.26 Å². The van der Waals surface area contributed by atoms with Gasteiger partial charge in [-0.05, 0) is 17.7 Å². The average molecular weight is 285 g/mol. The van der Waals surface area contributed by atoms with Crippen molar-refractivity contribution in [3.63, 3.8) is 0 Å². The third-order valence-electron chi connectivity index (χ3n) is 2.66. The first-order valence-electron chi connectivity index (χ1n) is 4.46. The molecule has 2 rings (SSSR count). The second-order valence-corrected chi connectivity index (χ2v) is 5.00. The third-order valence-corrected chi connectivity index (χ3v) is 3.55. The van der Waals surface area contributed by atoms with Crippen LogP contribution in [0.4, 0.5) is 0 Å². The van der Waals surface area contributed by atoms with Gasteiger partial charge in [0, 0.05) is 22.3 Å². The van der Waals surface area contributed by atoms with Crippen LogP contribution in [0.15, 0.2) is 22.7 Å². The van der Waals surface area contributed by atoms with Crippen LogP contribution in [0.2, 0.25) is 5.02 Å². The lowest BCUT2D eigenvalue weighted by atomic mass is 9.65. The Balaban J connectivity index is 2.46. The van der Waals surface area contributed by atoms with Gasteiger partial charge in [0.05, 0.1) is 11.5 Å². The van der Waals surface area contributed by atoms with Crippen LogP contribution in [0.1, 0.15) is 18.4 Å². The van der Waals surface area contributed by atoms with Crippen LogP contribution in [0, 0.1) is 11.3 Å². The molecule has 0 aromatic heterocycles. The lowest BCUT2D eigenvalue weighted by Crippen LogP contribution is -2.40. The zero-order chi connectivity index (χ0) is 11.1. The Hall–Kier alpha value is -0.850. The minimum absolute atomic E-state index is 0.137. The molecule has 0 aliphatic heterocycles. The molecule has 0 unspecified atom stereocenters. The summed E-state index contributed by atoms with van der Waals surface area (Å²) in [6.07, 6.45) is 0.619. The molecule has 1 aromatic rings. The molecule has 1 aliphatic carbocycles. The molecule has 0 spiro atoms. The number of rotatable bonds is 1. The number of halogens is 2. The summed E-state index contributed by atoms with van der Waals surface area (Å²) in [5, 5.41) is 9.76. The maximum absolute atomic E-state index is 11.0. The van der Waals surface area contributed by atoms with Gasteiger partial charge in [0.15, 0.2) is 0 Å². The van der Waals surface area contributed by atoms with Crippen molar-refractivity contribution in [2.45, 2.75) is 18.3 Å². The smallest absolute Gasteiger partial charge is 0.136 e. The lowest BCUT2D eigenvalue weighted by Gasteiger charge is -2.34. The van der Waals surface area contributed by atoms with Crippen molar-refractivity contribution in [2.75, 3.05) is 0 Å². The molecule has 4 heteroatoms. The molecule has 0 bridgehead atoms. The van der Waals surface area contributed by atoms with Crippen LogP contribution in [0.5, 0.6) is 0 Å². The lowest BCUT2D eigenvalue weighted by molar-refractivity contribution is -0.126. The van der Waals surface area contributed by atoms with E-state index >= 15 is 0 Å². The summed E-state index contributed by atoms with van der Waals surface area (Å²) in [5.41, 5.74) is 0.217. The van der Waals surface area contributed by atoms with Crippen LogP contribution in [0.25, 0.3) is 0 Å². The first-order valence-corrected chi connectivity index (χ1v) is 5.63. The van der Waals surface area contributed by atoms with E-state index in [0.717, 1.165) is 10.0 Å². The number of benzene rings is 1. The molecular formula is C11H7BrClNO. The summed E-state index contributed by atoms with van der Waals surface area (Å²) in [6.45, 7) is 0. The number of nitrogens with zero attached hydrogens (tertiary/aromatic N) is 1. The topological polar surface area (TPSA) is 40.9 Å². The Morgan fingerprint density at radius 2 is 2.13 bits per heavy atom. The van der Waals surface area contributed by atoms with E-state index in [4.69, 9.17) is 16.9 Å². The van der Waals surface area contributed by atoms with E-state index in [1.54, 1.807) is 12.1 Å². The van der Waals surface area contributed by atoms with Gasteiger partial charge in [-0.15, -0.1) is 0 Å². The Morgan fingerprint density at radius 1 is 1.47 bits per heavy atom. The van der Waals surface area contributed by atoms with Gasteiger partial charge in [-0.25, -0.2) is 0 Å². The van der Waals surface area contributed by atoms with Crippen molar-refractivity contribution in [2.24, 2.45) is 0 Å². The molecule has 1 fully saturated rings. The van der Waals surface area contributed by atoms with Crippen LogP contribution < -0.4 is 0 Å². The highest BCUT2D eigenvalue weighted by Gasteiger charge is 2.46. The highest BCUT2D eigenvalue weighted by Crippen LogP contribution is 2.44. The summed E-state index contributed by atoms with van der Waals surface area (Å²) in [6, 6.07) is 7.52. The number of carbonyl (C=O) groups excluding carboxylic acids is 1. The number of hydrogen-bond acceptors (Lipinski definition) is 2. The van der Waals surface area contributed by atoms with Crippen molar-refractivity contribution < 1.29 is 4.79 Å². The summed E-state index contributed by atoms with van der Waals surface area (Å²) in [5.74, 6) is 0.137. The number of nitriles is 1. The van der Waals surface area contributed by atoms with Gasteiger partial charge in [0.1, 0.15) is 5.78 Å². The van der Waals surface area contributed by atoms with Crippen molar-refractivity contribution in [3.05, 3.63) is 33.3 Å². The summed E-state index contributed by atoms with van der Waals surface area (Å²) >= 11 is 9.19. The molecule has 0 amide bonds. The second kappa shape index (κ2) is 3.62. The number of hydrogen-bond donors (Lipinski definition) is 0. The molecule has 2 nitrogen and oxygen atoms in total. The quantitative estimate of drug-likeness (QED) is 0.794. The normalized spacial score (nSPS) is 18.1. The van der Waals surface area contributed by atoms with Crippen molar-refractivity contribution in [3.8, 4) is 6.07 Å². The fourth-order valence-electron chi connectivity index (χ4n) is 1.83. The predicted molar refractivity (Wildman–Crippen MR) is 60.7 cm³/mol. The van der Waals surface area contributed by atoms with Crippen molar-refractivity contribution in [1.29, 1.82) is 5.26 Å². The maximum atomic E-state index is 11.0. The van der Waals surface area contributed by atoms with E-state index in [2.05, 4.69) is 22.0 Å². The zero-order valence-corrected chi connectivity index (χ0v) is 10.1. The first-order chi connectivity index (χ1) is 7.07. The summed E-state index contributed by atoms with van der Waals surface area (Å²) in [4.78, 5) is 11.0. The van der Waals surface area contributed by atoms with Gasteiger partial charge in [0.2, 0.25) is 0 Å². The molecule has 0 heterocycles. The maximum Gasteiger partial charge on any atom is 0.136 e. The van der Waals surface area contributed by atoms with Crippen LogP contribution in [-0.4, -0.2) is 5.78 Å². The minimum Gasteiger partial charge on any atom is -0.300 e. The van der Waals surface area contributed by atoms with Crippen molar-refractivity contribution >= 4 is 33.3 Å². The molecular weight excluding hydrogens is 277 g/mol. The van der Waals surface area contributed by atoms with E-state index in [1.807, 2.05) is 6.07 Å². The van der Waals surface area contributed by atoms with E-state index in [-0.39, 0.29) is 5.78 Å². The van der Waals surface area contributed by atoms with Crippen LogP contribution in [-0.2, 0) is 10.2 Å². The van der Waals surface area contributed by atoms with E-state index in [0.29, 0.717) is 17.9 Å². The summed E-state index contributed by atoms with van der Waals surface area (Å²) in [7, 11) is 0. The van der Waals surface area contributed by atoms with Gasteiger partial charge < -0.3 is 0 Å². The van der Waals surface area contributed by atoms with E-state index in [1.165, 1.54) is 0 Å². The Bertz CT molecular complexity index is 470. The molecule has 0 atom stereocenters. The monoisotopic (exact) mass is 283 g/mol. The van der Waals surface area contributed by atoms with E-state index in [9.17, 15) is 4.79 Å². The van der Waals surface area contributed by atoms with Gasteiger partial charge in [-0.1, -0.05) is 33.6 Å². The Kier molecular flexibility index (Phi) is 2.57. The average Bonchev–Trinajstić information content (AvgIpc) is 2.13. The van der Waals surface area contributed by atoms with Crippen LogP contribution in [0.3, 0.4) is 0 Å². The first kappa shape index (κ1) is 10.7. The molecule has 0 N–H and O–H groups in total. The third kappa shape index (κ3) is 1.68. The molecule has 1 aliphatic rings. The van der Waals surface area contributed by atoms with Gasteiger partial charge in [0.25, 0.3) is 0 Å². The Labute approximate surface area is 101 Å². The highest BCUT2D eigenvalue weighted by molar-refractivity contribution is 9.10. The van der Waals surface area contributed by atoms with E-state index < -0.39 is 5.41 Å². The molecule has 76 valence electrons. The van der Waals surface area contributed by atoms with Gasteiger partial charge in [-0.3, -0.25) is 4.79 Å². The zero-order valence-electron chi connectivity index (χ0n) is 7.76. The number of carbonyl (C=O) groups is 1. The molecule has 0 saturated heterocycles.